The van der Waals surface area contributed by atoms with Crippen LogP contribution in [0.5, 0.6) is 0 Å². The predicted molar refractivity (Wildman–Crippen MR) is 104 cm³/mol. The highest BCUT2D eigenvalue weighted by Crippen LogP contribution is 2.24. The average Bonchev–Trinajstić information content (AvgIpc) is 2.69. The molecule has 0 spiro atoms. The van der Waals surface area contributed by atoms with Crippen molar-refractivity contribution in [2.24, 2.45) is 0 Å². The van der Waals surface area contributed by atoms with Gasteiger partial charge in [0.15, 0.2) is 5.65 Å². The molecule has 2 aromatic heterocycles. The monoisotopic (exact) mass is 342 g/mol. The van der Waals surface area contributed by atoms with E-state index in [1.807, 2.05) is 54.6 Å². The molecule has 0 aliphatic rings. The summed E-state index contributed by atoms with van der Waals surface area (Å²) in [6.45, 7) is 0.677. The molecule has 5 nitrogen and oxygen atoms in total. The number of H-pyrrole nitrogens is 1. The van der Waals surface area contributed by atoms with Crippen LogP contribution in [0.1, 0.15) is 5.56 Å². The van der Waals surface area contributed by atoms with Crippen molar-refractivity contribution in [1.82, 2.24) is 15.0 Å². The Morgan fingerprint density at radius 3 is 2.42 bits per heavy atom. The number of aromatic nitrogens is 3. The molecule has 5 heteroatoms. The molecule has 0 saturated carbocycles. The normalized spacial score (nSPS) is 10.8. The van der Waals surface area contributed by atoms with E-state index in [-0.39, 0.29) is 5.56 Å². The van der Waals surface area contributed by atoms with Crippen LogP contribution in [0.4, 0.5) is 5.95 Å². The molecule has 2 N–H and O–H groups in total. The van der Waals surface area contributed by atoms with E-state index >= 15 is 0 Å². The minimum Gasteiger partial charge on any atom is -0.355 e. The summed E-state index contributed by atoms with van der Waals surface area (Å²) in [6, 6.07) is 21.8. The summed E-state index contributed by atoms with van der Waals surface area (Å²) in [7, 11) is 0. The van der Waals surface area contributed by atoms with Crippen LogP contribution in [0.3, 0.4) is 0 Å². The van der Waals surface area contributed by atoms with Gasteiger partial charge >= 0.3 is 0 Å². The second-order valence-corrected chi connectivity index (χ2v) is 6.00. The molecule has 0 saturated heterocycles. The molecule has 26 heavy (non-hydrogen) atoms. The van der Waals surface area contributed by atoms with Crippen molar-refractivity contribution in [1.29, 1.82) is 0 Å². The first-order chi connectivity index (χ1) is 12.8. The highest BCUT2D eigenvalue weighted by molar-refractivity contribution is 5.92. The van der Waals surface area contributed by atoms with E-state index in [4.69, 9.17) is 0 Å². The Bertz CT molecular complexity index is 1080. The zero-order chi connectivity index (χ0) is 17.8. The first kappa shape index (κ1) is 16.0. The summed E-state index contributed by atoms with van der Waals surface area (Å²) in [6.07, 6.45) is 2.53. The first-order valence-corrected chi connectivity index (χ1v) is 8.53. The van der Waals surface area contributed by atoms with Crippen LogP contribution in [0, 0.1) is 0 Å². The molecule has 0 bridgehead atoms. The molecule has 0 atom stereocenters. The Kier molecular flexibility index (Phi) is 4.43. The van der Waals surface area contributed by atoms with Gasteiger partial charge in [-0.2, -0.15) is 4.98 Å². The molecule has 2 heterocycles. The average molecular weight is 342 g/mol. The van der Waals surface area contributed by atoms with Crippen molar-refractivity contribution in [2.75, 3.05) is 11.9 Å². The largest absolute Gasteiger partial charge is 0.355 e. The van der Waals surface area contributed by atoms with Crippen LogP contribution in [0.25, 0.3) is 22.2 Å². The Hall–Kier alpha value is -3.47. The van der Waals surface area contributed by atoms with Crippen molar-refractivity contribution in [2.45, 2.75) is 6.42 Å². The van der Waals surface area contributed by atoms with Gasteiger partial charge in [-0.3, -0.25) is 9.78 Å². The maximum absolute atomic E-state index is 12.7. The summed E-state index contributed by atoms with van der Waals surface area (Å²) in [5.41, 5.74) is 3.28. The quantitative estimate of drug-likeness (QED) is 0.581. The number of pyridine rings is 1. The summed E-state index contributed by atoms with van der Waals surface area (Å²) in [4.78, 5) is 24.2. The van der Waals surface area contributed by atoms with Crippen LogP contribution < -0.4 is 10.9 Å². The van der Waals surface area contributed by atoms with E-state index < -0.39 is 0 Å². The van der Waals surface area contributed by atoms with Crippen LogP contribution in [0.15, 0.2) is 77.7 Å². The minimum atomic E-state index is -0.191. The number of nitrogens with one attached hydrogen (secondary N) is 2. The number of rotatable bonds is 5. The lowest BCUT2D eigenvalue weighted by Gasteiger charge is -2.08. The highest BCUT2D eigenvalue weighted by Gasteiger charge is 2.11. The van der Waals surface area contributed by atoms with E-state index in [9.17, 15) is 4.79 Å². The van der Waals surface area contributed by atoms with Gasteiger partial charge in [-0.05, 0) is 29.2 Å². The Morgan fingerprint density at radius 2 is 1.65 bits per heavy atom. The lowest BCUT2D eigenvalue weighted by Crippen LogP contribution is -2.16. The zero-order valence-electron chi connectivity index (χ0n) is 14.1. The van der Waals surface area contributed by atoms with Gasteiger partial charge in [-0.15, -0.1) is 0 Å². The lowest BCUT2D eigenvalue weighted by molar-refractivity contribution is 0.982. The van der Waals surface area contributed by atoms with Gasteiger partial charge < -0.3 is 5.32 Å². The first-order valence-electron chi connectivity index (χ1n) is 8.53. The van der Waals surface area contributed by atoms with Crippen molar-refractivity contribution in [3.63, 3.8) is 0 Å². The number of fused-ring (bicyclic) bond motifs is 1. The SMILES string of the molecule is O=c1[nH]c(NCCc2ccccc2)nc2nccc(-c3ccccc3)c12. The van der Waals surface area contributed by atoms with E-state index in [1.165, 1.54) is 5.56 Å². The highest BCUT2D eigenvalue weighted by atomic mass is 16.1. The van der Waals surface area contributed by atoms with Crippen LogP contribution in [-0.4, -0.2) is 21.5 Å². The van der Waals surface area contributed by atoms with E-state index in [0.717, 1.165) is 17.5 Å². The molecule has 128 valence electrons. The Labute approximate surface area is 150 Å². The minimum absolute atomic E-state index is 0.191. The molecule has 0 unspecified atom stereocenters. The molecule has 2 aromatic carbocycles. The van der Waals surface area contributed by atoms with Crippen molar-refractivity contribution in [3.8, 4) is 11.1 Å². The maximum Gasteiger partial charge on any atom is 0.262 e. The van der Waals surface area contributed by atoms with Gasteiger partial charge in [0.05, 0.1) is 5.39 Å². The number of aromatic amines is 1. The van der Waals surface area contributed by atoms with Gasteiger partial charge in [0.1, 0.15) is 0 Å². The fraction of sp³-hybridized carbons (Fsp3) is 0.0952. The summed E-state index contributed by atoms with van der Waals surface area (Å²) in [5.74, 6) is 0.441. The Balaban J connectivity index is 1.62. The van der Waals surface area contributed by atoms with E-state index in [0.29, 0.717) is 23.5 Å². The molecule has 0 aliphatic carbocycles. The van der Waals surface area contributed by atoms with Crippen LogP contribution in [-0.2, 0) is 6.42 Å². The van der Waals surface area contributed by atoms with Crippen molar-refractivity contribution >= 4 is 17.0 Å². The molecule has 4 rings (SSSR count). The molecule has 0 fully saturated rings. The van der Waals surface area contributed by atoms with E-state index in [2.05, 4.69) is 32.4 Å². The van der Waals surface area contributed by atoms with Gasteiger partial charge in [-0.1, -0.05) is 60.7 Å². The van der Waals surface area contributed by atoms with Crippen molar-refractivity contribution in [3.05, 3.63) is 88.8 Å². The lowest BCUT2D eigenvalue weighted by atomic mass is 10.0. The number of anilines is 1. The fourth-order valence-corrected chi connectivity index (χ4v) is 2.98. The second-order valence-electron chi connectivity index (χ2n) is 6.00. The van der Waals surface area contributed by atoms with Crippen molar-refractivity contribution < 1.29 is 0 Å². The van der Waals surface area contributed by atoms with E-state index in [1.54, 1.807) is 6.20 Å². The van der Waals surface area contributed by atoms with Gasteiger partial charge in [0, 0.05) is 12.7 Å². The predicted octanol–water partition coefficient (Wildman–Crippen LogP) is 3.64. The molecule has 0 amide bonds. The smallest absolute Gasteiger partial charge is 0.262 e. The van der Waals surface area contributed by atoms with Gasteiger partial charge in [-0.25, -0.2) is 4.98 Å². The molecule has 0 aliphatic heterocycles. The third kappa shape index (κ3) is 3.32. The standard InChI is InChI=1S/C21H18N4O/c26-20-18-17(16-9-5-2-6-10-16)12-14-22-19(18)24-21(25-20)23-13-11-15-7-3-1-4-8-15/h1-10,12,14H,11,13H2,(H2,22,23,24,25,26). The second kappa shape index (κ2) is 7.19. The molecular weight excluding hydrogens is 324 g/mol. The van der Waals surface area contributed by atoms with Crippen LogP contribution in [0.2, 0.25) is 0 Å². The number of benzene rings is 2. The number of hydrogen-bond donors (Lipinski definition) is 2. The fourth-order valence-electron chi connectivity index (χ4n) is 2.98. The number of hydrogen-bond acceptors (Lipinski definition) is 4. The van der Waals surface area contributed by atoms with Gasteiger partial charge in [0.25, 0.3) is 5.56 Å². The third-order valence-corrected chi connectivity index (χ3v) is 4.24. The Morgan fingerprint density at radius 1 is 0.923 bits per heavy atom. The maximum atomic E-state index is 12.7. The van der Waals surface area contributed by atoms with Crippen LogP contribution >= 0.6 is 0 Å². The summed E-state index contributed by atoms with van der Waals surface area (Å²) in [5, 5.41) is 3.69. The molecular formula is C21H18N4O. The van der Waals surface area contributed by atoms with Gasteiger partial charge in [0.2, 0.25) is 5.95 Å². The summed E-state index contributed by atoms with van der Waals surface area (Å²) >= 11 is 0. The topological polar surface area (TPSA) is 70.7 Å². The third-order valence-electron chi connectivity index (χ3n) is 4.24. The molecule has 0 radical (unpaired) electrons. The summed E-state index contributed by atoms with van der Waals surface area (Å²) < 4.78 is 0. The zero-order valence-corrected chi connectivity index (χ0v) is 14.1. The number of nitrogens with zero attached hydrogens (tertiary/aromatic N) is 2. The molecule has 4 aromatic rings.